The fourth-order valence-electron chi connectivity index (χ4n) is 1.39. The van der Waals surface area contributed by atoms with Gasteiger partial charge in [0.05, 0.1) is 6.54 Å². The standard InChI is InChI=1S/C12H15N/c1-4-8-13-9-12-10(2)6-5-7-11(12)3/h1,5-7,13H,8-9H2,2-3H3. The fraction of sp³-hybridized carbons (Fsp3) is 0.333. The number of benzene rings is 1. The van der Waals surface area contributed by atoms with Crippen molar-refractivity contribution >= 4 is 0 Å². The van der Waals surface area contributed by atoms with Crippen molar-refractivity contribution in [1.82, 2.24) is 5.32 Å². The minimum Gasteiger partial charge on any atom is -0.302 e. The van der Waals surface area contributed by atoms with Gasteiger partial charge in [-0.1, -0.05) is 24.1 Å². The zero-order chi connectivity index (χ0) is 9.68. The lowest BCUT2D eigenvalue weighted by molar-refractivity contribution is 0.761. The van der Waals surface area contributed by atoms with E-state index in [1.165, 1.54) is 16.7 Å². The van der Waals surface area contributed by atoms with Gasteiger partial charge in [-0.2, -0.15) is 0 Å². The summed E-state index contributed by atoms with van der Waals surface area (Å²) in [6.07, 6.45) is 5.16. The van der Waals surface area contributed by atoms with E-state index in [2.05, 4.69) is 43.3 Å². The van der Waals surface area contributed by atoms with Gasteiger partial charge in [-0.25, -0.2) is 0 Å². The van der Waals surface area contributed by atoms with Crippen molar-refractivity contribution < 1.29 is 0 Å². The van der Waals surface area contributed by atoms with Gasteiger partial charge in [0.15, 0.2) is 0 Å². The highest BCUT2D eigenvalue weighted by Gasteiger charge is 1.99. The largest absolute Gasteiger partial charge is 0.302 e. The summed E-state index contributed by atoms with van der Waals surface area (Å²) in [7, 11) is 0. The van der Waals surface area contributed by atoms with Gasteiger partial charge in [-0.05, 0) is 30.5 Å². The van der Waals surface area contributed by atoms with Gasteiger partial charge >= 0.3 is 0 Å². The monoisotopic (exact) mass is 173 g/mol. The van der Waals surface area contributed by atoms with Crippen molar-refractivity contribution in [3.63, 3.8) is 0 Å². The van der Waals surface area contributed by atoms with Gasteiger partial charge in [0.25, 0.3) is 0 Å². The molecule has 1 N–H and O–H groups in total. The molecule has 0 spiro atoms. The lowest BCUT2D eigenvalue weighted by atomic mass is 10.0. The van der Waals surface area contributed by atoms with Crippen LogP contribution in [0.25, 0.3) is 0 Å². The SMILES string of the molecule is C#CCNCc1c(C)cccc1C. The smallest absolute Gasteiger partial charge is 0.0576 e. The van der Waals surface area contributed by atoms with E-state index in [1.807, 2.05) is 0 Å². The Morgan fingerprint density at radius 1 is 1.31 bits per heavy atom. The molecule has 0 radical (unpaired) electrons. The molecule has 0 aliphatic carbocycles. The maximum atomic E-state index is 5.16. The first-order chi connectivity index (χ1) is 6.25. The zero-order valence-corrected chi connectivity index (χ0v) is 8.22. The highest BCUT2D eigenvalue weighted by molar-refractivity contribution is 5.33. The Morgan fingerprint density at radius 2 is 1.92 bits per heavy atom. The van der Waals surface area contributed by atoms with Crippen LogP contribution in [0, 0.1) is 26.2 Å². The Balaban J connectivity index is 2.71. The molecule has 0 aliphatic heterocycles. The summed E-state index contributed by atoms with van der Waals surface area (Å²) in [4.78, 5) is 0. The van der Waals surface area contributed by atoms with Crippen LogP contribution >= 0.6 is 0 Å². The van der Waals surface area contributed by atoms with Crippen LogP contribution in [0.2, 0.25) is 0 Å². The van der Waals surface area contributed by atoms with Gasteiger partial charge in [-0.3, -0.25) is 0 Å². The third-order valence-corrected chi connectivity index (χ3v) is 2.17. The van der Waals surface area contributed by atoms with Crippen LogP contribution in [0.1, 0.15) is 16.7 Å². The molecule has 0 unspecified atom stereocenters. The number of nitrogens with one attached hydrogen (secondary N) is 1. The van der Waals surface area contributed by atoms with Crippen molar-refractivity contribution in [2.75, 3.05) is 6.54 Å². The lowest BCUT2D eigenvalue weighted by Crippen LogP contribution is -2.14. The van der Waals surface area contributed by atoms with Crippen LogP contribution in [0.15, 0.2) is 18.2 Å². The van der Waals surface area contributed by atoms with E-state index in [1.54, 1.807) is 0 Å². The molecule has 0 saturated heterocycles. The molecule has 1 heteroatoms. The molecule has 0 atom stereocenters. The summed E-state index contributed by atoms with van der Waals surface area (Å²) in [5.74, 6) is 2.57. The maximum absolute atomic E-state index is 5.16. The Bertz CT molecular complexity index is 300. The molecule has 1 nitrogen and oxygen atoms in total. The van der Waals surface area contributed by atoms with Crippen molar-refractivity contribution in [2.45, 2.75) is 20.4 Å². The molecule has 0 aliphatic rings. The summed E-state index contributed by atoms with van der Waals surface area (Å²) in [6, 6.07) is 6.33. The molecule has 0 heterocycles. The highest BCUT2D eigenvalue weighted by Crippen LogP contribution is 2.12. The number of hydrogen-bond acceptors (Lipinski definition) is 1. The van der Waals surface area contributed by atoms with Gasteiger partial charge in [0.2, 0.25) is 0 Å². The topological polar surface area (TPSA) is 12.0 Å². The van der Waals surface area contributed by atoms with Gasteiger partial charge in [-0.15, -0.1) is 6.42 Å². The zero-order valence-electron chi connectivity index (χ0n) is 8.22. The number of rotatable bonds is 3. The predicted octanol–water partition coefficient (Wildman–Crippen LogP) is 2.03. The summed E-state index contributed by atoms with van der Waals surface area (Å²) in [6.45, 7) is 5.75. The van der Waals surface area contributed by atoms with Crippen LogP contribution in [-0.2, 0) is 6.54 Å². The van der Waals surface area contributed by atoms with Crippen LogP contribution in [0.5, 0.6) is 0 Å². The second kappa shape index (κ2) is 4.69. The average Bonchev–Trinajstić information content (AvgIpc) is 2.10. The van der Waals surface area contributed by atoms with Crippen LogP contribution < -0.4 is 5.32 Å². The van der Waals surface area contributed by atoms with Crippen LogP contribution in [0.3, 0.4) is 0 Å². The van der Waals surface area contributed by atoms with E-state index in [4.69, 9.17) is 6.42 Å². The maximum Gasteiger partial charge on any atom is 0.0576 e. The van der Waals surface area contributed by atoms with Crippen molar-refractivity contribution in [2.24, 2.45) is 0 Å². The second-order valence-electron chi connectivity index (χ2n) is 3.18. The first-order valence-corrected chi connectivity index (χ1v) is 4.45. The number of terminal acetylenes is 1. The average molecular weight is 173 g/mol. The normalized spacial score (nSPS) is 9.62. The molecule has 0 bridgehead atoms. The predicted molar refractivity (Wildman–Crippen MR) is 56.5 cm³/mol. The molecule has 13 heavy (non-hydrogen) atoms. The summed E-state index contributed by atoms with van der Waals surface area (Å²) in [5.41, 5.74) is 4.01. The molecule has 0 amide bonds. The summed E-state index contributed by atoms with van der Waals surface area (Å²) >= 11 is 0. The van der Waals surface area contributed by atoms with E-state index in [0.29, 0.717) is 6.54 Å². The Morgan fingerprint density at radius 3 is 2.46 bits per heavy atom. The van der Waals surface area contributed by atoms with E-state index >= 15 is 0 Å². The minimum absolute atomic E-state index is 0.633. The summed E-state index contributed by atoms with van der Waals surface area (Å²) < 4.78 is 0. The van der Waals surface area contributed by atoms with Gasteiger partial charge in [0.1, 0.15) is 0 Å². The van der Waals surface area contributed by atoms with E-state index in [0.717, 1.165) is 6.54 Å². The Kier molecular flexibility index (Phi) is 3.54. The van der Waals surface area contributed by atoms with Gasteiger partial charge < -0.3 is 5.32 Å². The highest BCUT2D eigenvalue weighted by atomic mass is 14.8. The molecule has 1 aromatic rings. The van der Waals surface area contributed by atoms with E-state index < -0.39 is 0 Å². The molecular formula is C12H15N. The molecule has 0 aromatic heterocycles. The molecule has 68 valence electrons. The van der Waals surface area contributed by atoms with Gasteiger partial charge in [0, 0.05) is 6.54 Å². The quantitative estimate of drug-likeness (QED) is 0.544. The van der Waals surface area contributed by atoms with Crippen molar-refractivity contribution in [3.8, 4) is 12.3 Å². The van der Waals surface area contributed by atoms with E-state index in [9.17, 15) is 0 Å². The molecule has 1 aromatic carbocycles. The second-order valence-corrected chi connectivity index (χ2v) is 3.18. The lowest BCUT2D eigenvalue weighted by Gasteiger charge is -2.08. The number of hydrogen-bond donors (Lipinski definition) is 1. The molecular weight excluding hydrogens is 158 g/mol. The third kappa shape index (κ3) is 2.61. The molecule has 0 saturated carbocycles. The Hall–Kier alpha value is -1.26. The fourth-order valence-corrected chi connectivity index (χ4v) is 1.39. The van der Waals surface area contributed by atoms with Crippen LogP contribution in [0.4, 0.5) is 0 Å². The van der Waals surface area contributed by atoms with Crippen LogP contribution in [-0.4, -0.2) is 6.54 Å². The third-order valence-electron chi connectivity index (χ3n) is 2.17. The first-order valence-electron chi connectivity index (χ1n) is 4.45. The van der Waals surface area contributed by atoms with Crippen molar-refractivity contribution in [3.05, 3.63) is 34.9 Å². The minimum atomic E-state index is 0.633. The number of aryl methyl sites for hydroxylation is 2. The van der Waals surface area contributed by atoms with E-state index in [-0.39, 0.29) is 0 Å². The molecule has 1 rings (SSSR count). The Labute approximate surface area is 80.2 Å². The molecule has 0 fully saturated rings. The van der Waals surface area contributed by atoms with Crippen molar-refractivity contribution in [1.29, 1.82) is 0 Å². The first kappa shape index (κ1) is 9.83. The summed E-state index contributed by atoms with van der Waals surface area (Å²) in [5, 5.41) is 3.20.